The third-order valence-electron chi connectivity index (χ3n) is 15.0. The van der Waals surface area contributed by atoms with Gasteiger partial charge in [0.25, 0.3) is 0 Å². The number of para-hydroxylation sites is 2. The molecule has 28 heteroatoms. The van der Waals surface area contributed by atoms with Crippen molar-refractivity contribution in [3.8, 4) is 23.0 Å². The van der Waals surface area contributed by atoms with Crippen molar-refractivity contribution >= 4 is 47.1 Å². The van der Waals surface area contributed by atoms with E-state index in [4.69, 9.17) is 40.4 Å². The lowest BCUT2D eigenvalue weighted by Gasteiger charge is -2.24. The molecular formula is C64H82N18O10. The summed E-state index contributed by atoms with van der Waals surface area (Å²) in [7, 11) is 0. The SMILES string of the molecule is CCCOc1c2cccc1Cc1cc(Nc3nc(N)nc(NCCCCCCn4c(=O)[nH]c(=O)[nH]c4=O)n3)cc(c1OCCC)Cc1cccc(c1OCCC)Cc1cc(Nc3nc(N)nc(NCCCCCCn4c(=O)[nH]c(=O)[nH]c4=O)n3)cc(c1OCCC)C2. The number of hydrogen-bond acceptors (Lipinski definition) is 22. The first kappa shape index (κ1) is 66.1. The van der Waals surface area contributed by atoms with E-state index in [2.05, 4.69) is 149 Å². The fraction of sp³-hybridized carbons (Fsp3) is 0.438. The Labute approximate surface area is 529 Å². The number of nitrogens with zero attached hydrogens (tertiary/aromatic N) is 8. The number of aromatic amines is 4. The van der Waals surface area contributed by atoms with Gasteiger partial charge in [0.05, 0.1) is 26.4 Å². The van der Waals surface area contributed by atoms with Crippen LogP contribution in [0.15, 0.2) is 89.4 Å². The Bertz CT molecular complexity index is 3770. The molecule has 0 radical (unpaired) electrons. The normalized spacial score (nSPS) is 11.9. The van der Waals surface area contributed by atoms with Crippen molar-refractivity contribution in [2.24, 2.45) is 0 Å². The molecule has 1 aliphatic carbocycles. The number of ether oxygens (including phenoxy) is 4. The first-order chi connectivity index (χ1) is 44.7. The number of fused-ring (bicyclic) bond motifs is 8. The Balaban J connectivity index is 1.02. The molecule has 92 heavy (non-hydrogen) atoms. The fourth-order valence-electron chi connectivity index (χ4n) is 10.9. The summed E-state index contributed by atoms with van der Waals surface area (Å²) in [6.45, 7) is 11.6. The Kier molecular flexibility index (Phi) is 23.3. The molecule has 4 heterocycles. The first-order valence-electron chi connectivity index (χ1n) is 31.6. The minimum Gasteiger partial charge on any atom is -0.493 e. The Morgan fingerprint density at radius 3 is 1.01 bits per heavy atom. The van der Waals surface area contributed by atoms with Crippen molar-refractivity contribution in [3.63, 3.8) is 0 Å². The molecule has 0 spiro atoms. The van der Waals surface area contributed by atoms with Crippen LogP contribution < -0.4 is 85.8 Å². The van der Waals surface area contributed by atoms with Gasteiger partial charge in [0.1, 0.15) is 23.0 Å². The summed E-state index contributed by atoms with van der Waals surface area (Å²) in [6.07, 6.45) is 10.4. The van der Waals surface area contributed by atoms with Crippen molar-refractivity contribution < 1.29 is 18.9 Å². The van der Waals surface area contributed by atoms with Gasteiger partial charge < -0.3 is 51.7 Å². The number of benzene rings is 4. The zero-order valence-corrected chi connectivity index (χ0v) is 52.6. The second-order valence-electron chi connectivity index (χ2n) is 22.5. The number of unbranched alkanes of at least 4 members (excludes halogenated alkanes) is 6. The molecule has 12 N–H and O–H groups in total. The van der Waals surface area contributed by atoms with Crippen LogP contribution in [0, 0.1) is 0 Å². The van der Waals surface area contributed by atoms with E-state index in [1.165, 1.54) is 0 Å². The van der Waals surface area contributed by atoms with Crippen LogP contribution in [-0.2, 0) is 38.8 Å². The van der Waals surface area contributed by atoms with Crippen molar-refractivity contribution in [1.29, 1.82) is 0 Å². The van der Waals surface area contributed by atoms with E-state index in [1.807, 2.05) is 0 Å². The summed E-state index contributed by atoms with van der Waals surface area (Å²) in [5, 5.41) is 13.5. The van der Waals surface area contributed by atoms with Gasteiger partial charge in [-0.25, -0.2) is 37.9 Å². The van der Waals surface area contributed by atoms with E-state index >= 15 is 0 Å². The number of rotatable bonds is 32. The Morgan fingerprint density at radius 2 is 0.696 bits per heavy atom. The van der Waals surface area contributed by atoms with Gasteiger partial charge in [-0.15, -0.1) is 0 Å². The van der Waals surface area contributed by atoms with Crippen molar-refractivity contribution in [1.82, 2.24) is 59.0 Å². The molecule has 4 aromatic heterocycles. The van der Waals surface area contributed by atoms with Gasteiger partial charge in [-0.05, 0) is 97.9 Å². The predicted molar refractivity (Wildman–Crippen MR) is 353 cm³/mol. The van der Waals surface area contributed by atoms with Crippen LogP contribution in [-0.4, -0.2) is 98.5 Å². The zero-order valence-electron chi connectivity index (χ0n) is 52.6. The molecule has 488 valence electrons. The summed E-state index contributed by atoms with van der Waals surface area (Å²) in [4.78, 5) is 107. The van der Waals surface area contributed by atoms with Crippen LogP contribution >= 0.6 is 0 Å². The van der Waals surface area contributed by atoms with Crippen LogP contribution in [0.1, 0.15) is 149 Å². The number of H-pyrrole nitrogens is 4. The van der Waals surface area contributed by atoms with E-state index in [1.54, 1.807) is 0 Å². The monoisotopic (exact) mass is 1260 g/mol. The molecule has 0 atom stereocenters. The summed E-state index contributed by atoms with van der Waals surface area (Å²) >= 11 is 0. The quantitative estimate of drug-likeness (QED) is 0.0190. The fourth-order valence-corrected chi connectivity index (χ4v) is 10.9. The molecule has 28 nitrogen and oxygen atoms in total. The van der Waals surface area contributed by atoms with Crippen LogP contribution in [0.25, 0.3) is 0 Å². The first-order valence-corrected chi connectivity index (χ1v) is 31.6. The van der Waals surface area contributed by atoms with E-state index in [-0.39, 0.29) is 48.8 Å². The number of anilines is 8. The van der Waals surface area contributed by atoms with Crippen molar-refractivity contribution in [3.05, 3.63) is 168 Å². The number of nitrogen functional groups attached to an aromatic ring is 2. The molecule has 0 fully saturated rings. The predicted octanol–water partition coefficient (Wildman–Crippen LogP) is 6.96. The molecule has 0 saturated carbocycles. The molecule has 0 aliphatic heterocycles. The minimum atomic E-state index is -0.832. The van der Waals surface area contributed by atoms with Gasteiger partial charge in [-0.2, -0.15) is 29.9 Å². The largest absolute Gasteiger partial charge is 0.493 e. The molecule has 4 aromatic carbocycles. The van der Waals surface area contributed by atoms with Gasteiger partial charge in [0.2, 0.25) is 35.7 Å². The highest BCUT2D eigenvalue weighted by Gasteiger charge is 2.25. The molecule has 1 aliphatic rings. The summed E-state index contributed by atoms with van der Waals surface area (Å²) in [5.74, 6) is 4.09. The number of nitrogens with two attached hydrogens (primary N) is 2. The lowest BCUT2D eigenvalue weighted by atomic mass is 9.90. The third kappa shape index (κ3) is 18.0. The van der Waals surface area contributed by atoms with Crippen LogP contribution in [0.2, 0.25) is 0 Å². The van der Waals surface area contributed by atoms with Gasteiger partial charge in [-0.1, -0.05) is 89.8 Å². The molecule has 0 unspecified atom stereocenters. The number of hydrogen-bond donors (Lipinski definition) is 10. The lowest BCUT2D eigenvalue weighted by Crippen LogP contribution is -2.43. The minimum absolute atomic E-state index is 0.0187. The Hall–Kier alpha value is -10.3. The molecule has 0 saturated heterocycles. The summed E-state index contributed by atoms with van der Waals surface area (Å²) in [5.41, 5.74) is 16.8. The van der Waals surface area contributed by atoms with Crippen molar-refractivity contribution in [2.75, 3.05) is 72.3 Å². The van der Waals surface area contributed by atoms with E-state index in [0.717, 1.165) is 141 Å². The van der Waals surface area contributed by atoms with Gasteiger partial charge in [0.15, 0.2) is 0 Å². The molecule has 9 rings (SSSR count). The summed E-state index contributed by atoms with van der Waals surface area (Å²) in [6, 6.07) is 20.7. The van der Waals surface area contributed by atoms with E-state index < -0.39 is 34.1 Å². The Morgan fingerprint density at radius 1 is 0.402 bits per heavy atom. The average molecular weight is 1260 g/mol. The smallest absolute Gasteiger partial charge is 0.333 e. The number of aromatic nitrogens is 12. The maximum Gasteiger partial charge on any atom is 0.333 e. The molecule has 8 aromatic rings. The second kappa shape index (κ2) is 32.5. The second-order valence-corrected chi connectivity index (χ2v) is 22.5. The standard InChI is InChI=1S/C64H82N18O10/c1-5-27-89-49-39-19-17-20-40(49)32-44-36-48(70-58-74-54(66)72-56(76-58)68-24-14-10-12-16-26-82-63(87)79-60(84)80-64(82)88)38-46(52(44)92-30-8-4)34-42-22-18-21-41(50(42)90-28-6-2)33-45-37-47(35-43(31-39)51(45)91-29-7-3)69-57-73-53(65)71-55(75-57)67-23-13-9-11-15-25-81-61(85)77-59(83)78-62(81)86/h17-22,35-38H,5-16,23-34H2,1-4H3,(H2,77,78,83,85,86)(H2,79,80,84,87,88)(H4,65,67,69,71,73,75)(H4,66,68,70,72,74,76). The maximum atomic E-state index is 12.1. The van der Waals surface area contributed by atoms with Crippen LogP contribution in [0.5, 0.6) is 23.0 Å². The van der Waals surface area contributed by atoms with Gasteiger partial charge in [0, 0.05) is 85.5 Å². The van der Waals surface area contributed by atoms with E-state index in [9.17, 15) is 28.8 Å². The third-order valence-corrected chi connectivity index (χ3v) is 15.0. The van der Waals surface area contributed by atoms with Gasteiger partial charge in [-0.3, -0.25) is 19.9 Å². The topological polar surface area (TPSA) is 390 Å². The average Bonchev–Trinajstić information content (AvgIpc) is 0.869. The van der Waals surface area contributed by atoms with Crippen LogP contribution in [0.3, 0.4) is 0 Å². The number of nitrogens with one attached hydrogen (secondary N) is 8. The molecule has 8 bridgehead atoms. The molecular weight excluding hydrogens is 1180 g/mol. The maximum absolute atomic E-state index is 12.1. The highest BCUT2D eigenvalue weighted by Crippen LogP contribution is 2.42. The molecule has 0 amide bonds. The van der Waals surface area contributed by atoms with Gasteiger partial charge >= 0.3 is 34.1 Å². The highest BCUT2D eigenvalue weighted by atomic mass is 16.5. The summed E-state index contributed by atoms with van der Waals surface area (Å²) < 4.78 is 29.3. The zero-order chi connectivity index (χ0) is 64.9. The lowest BCUT2D eigenvalue weighted by molar-refractivity contribution is 0.304. The van der Waals surface area contributed by atoms with Crippen LogP contribution in [0.4, 0.5) is 47.1 Å². The highest BCUT2D eigenvalue weighted by molar-refractivity contribution is 5.67. The van der Waals surface area contributed by atoms with Crippen molar-refractivity contribution in [2.45, 2.75) is 144 Å². The van der Waals surface area contributed by atoms with E-state index in [0.29, 0.717) is 89.4 Å².